The molecule has 2 heterocycles. The van der Waals surface area contributed by atoms with Crippen LogP contribution in [0.1, 0.15) is 29.8 Å². The lowest BCUT2D eigenvalue weighted by Gasteiger charge is -2.18. The van der Waals surface area contributed by atoms with Crippen molar-refractivity contribution < 1.29 is 13.2 Å². The van der Waals surface area contributed by atoms with Crippen LogP contribution in [0.25, 0.3) is 11.3 Å². The summed E-state index contributed by atoms with van der Waals surface area (Å²) in [5.74, 6) is -0.276. The van der Waals surface area contributed by atoms with Crippen molar-refractivity contribution in [3.05, 3.63) is 78.2 Å². The van der Waals surface area contributed by atoms with Gasteiger partial charge in [0.25, 0.3) is 5.91 Å². The molecule has 0 fully saturated rings. The Morgan fingerprint density at radius 3 is 2.40 bits per heavy atom. The number of aromatic nitrogens is 2. The number of nitrogens with one attached hydrogen (secondary N) is 1. The lowest BCUT2D eigenvalue weighted by molar-refractivity contribution is 0.0951. The second-order valence-electron chi connectivity index (χ2n) is 6.59. The normalized spacial score (nSPS) is 11.4. The van der Waals surface area contributed by atoms with E-state index in [2.05, 4.69) is 15.3 Å². The Labute approximate surface area is 176 Å². The molecule has 0 aliphatic carbocycles. The van der Waals surface area contributed by atoms with Gasteiger partial charge in [0, 0.05) is 49.4 Å². The van der Waals surface area contributed by atoms with Gasteiger partial charge in [0.2, 0.25) is 10.0 Å². The fraction of sp³-hybridized carbons (Fsp3) is 0.227. The van der Waals surface area contributed by atoms with Crippen molar-refractivity contribution in [2.75, 3.05) is 13.1 Å². The first-order chi connectivity index (χ1) is 14.5. The second kappa shape index (κ2) is 9.60. The number of benzene rings is 1. The van der Waals surface area contributed by atoms with Crippen LogP contribution in [0, 0.1) is 0 Å². The number of hydrogen-bond acceptors (Lipinski definition) is 5. The molecule has 0 saturated heterocycles. The molecule has 1 aromatic carbocycles. The topological polar surface area (TPSA) is 92.3 Å². The van der Waals surface area contributed by atoms with Crippen LogP contribution in [0.2, 0.25) is 0 Å². The van der Waals surface area contributed by atoms with E-state index < -0.39 is 10.0 Å². The first-order valence-corrected chi connectivity index (χ1v) is 11.1. The van der Waals surface area contributed by atoms with Crippen molar-refractivity contribution in [3.63, 3.8) is 0 Å². The molecule has 3 aromatic rings. The van der Waals surface area contributed by atoms with Gasteiger partial charge in [-0.15, -0.1) is 0 Å². The average Bonchev–Trinajstić information content (AvgIpc) is 2.79. The van der Waals surface area contributed by atoms with Gasteiger partial charge in [0.1, 0.15) is 0 Å². The van der Waals surface area contributed by atoms with E-state index in [1.54, 1.807) is 32.4 Å². The van der Waals surface area contributed by atoms with Crippen LogP contribution in [0.15, 0.2) is 72.0 Å². The Hall–Kier alpha value is -3.10. The summed E-state index contributed by atoms with van der Waals surface area (Å²) < 4.78 is 26.5. The predicted molar refractivity (Wildman–Crippen MR) is 115 cm³/mol. The number of carbonyl (C=O) groups is 1. The number of carbonyl (C=O) groups excluding carboxylic acids is 1. The van der Waals surface area contributed by atoms with E-state index in [0.717, 1.165) is 16.8 Å². The van der Waals surface area contributed by atoms with Crippen molar-refractivity contribution in [2.24, 2.45) is 0 Å². The highest BCUT2D eigenvalue weighted by atomic mass is 32.2. The molecule has 3 rings (SSSR count). The van der Waals surface area contributed by atoms with Crippen molar-refractivity contribution in [1.29, 1.82) is 0 Å². The highest BCUT2D eigenvalue weighted by Gasteiger charge is 2.21. The third-order valence-corrected chi connectivity index (χ3v) is 6.76. The smallest absolute Gasteiger partial charge is 0.251 e. The van der Waals surface area contributed by atoms with Crippen LogP contribution in [0.5, 0.6) is 0 Å². The summed E-state index contributed by atoms with van der Waals surface area (Å²) in [7, 11) is -3.54. The molecule has 0 spiro atoms. The molecule has 1 amide bonds. The largest absolute Gasteiger partial charge is 0.348 e. The fourth-order valence-electron chi connectivity index (χ4n) is 3.03. The zero-order valence-corrected chi connectivity index (χ0v) is 17.8. The van der Waals surface area contributed by atoms with Gasteiger partial charge in [-0.3, -0.25) is 14.8 Å². The van der Waals surface area contributed by atoms with E-state index in [0.29, 0.717) is 25.2 Å². The summed E-state index contributed by atoms with van der Waals surface area (Å²) in [4.78, 5) is 21.1. The van der Waals surface area contributed by atoms with Crippen LogP contribution in [0.4, 0.5) is 0 Å². The van der Waals surface area contributed by atoms with E-state index in [-0.39, 0.29) is 10.8 Å². The summed E-state index contributed by atoms with van der Waals surface area (Å²) in [6, 6.07) is 13.5. The van der Waals surface area contributed by atoms with E-state index >= 15 is 0 Å². The Morgan fingerprint density at radius 1 is 1.03 bits per heavy atom. The zero-order chi connectivity index (χ0) is 21.6. The van der Waals surface area contributed by atoms with Gasteiger partial charge in [-0.05, 0) is 54.1 Å². The standard InChI is InChI=1S/C22H24N4O3S/c1-3-26(4-2)30(28,29)20-9-7-18(8-10-20)22(27)25-15-17-11-13-24-21(14-17)19-6-5-12-23-16-19/h5-14,16H,3-4,15H2,1-2H3,(H,25,27). The zero-order valence-electron chi connectivity index (χ0n) is 16.9. The molecule has 156 valence electrons. The molecule has 0 aliphatic rings. The molecule has 30 heavy (non-hydrogen) atoms. The number of hydrogen-bond donors (Lipinski definition) is 1. The molecule has 0 aliphatic heterocycles. The second-order valence-corrected chi connectivity index (χ2v) is 8.53. The molecule has 0 saturated carbocycles. The van der Waals surface area contributed by atoms with Crippen molar-refractivity contribution in [1.82, 2.24) is 19.6 Å². The quantitative estimate of drug-likeness (QED) is 0.600. The highest BCUT2D eigenvalue weighted by Crippen LogP contribution is 2.18. The molecular weight excluding hydrogens is 400 g/mol. The minimum Gasteiger partial charge on any atom is -0.348 e. The van der Waals surface area contributed by atoms with Crippen molar-refractivity contribution in [3.8, 4) is 11.3 Å². The van der Waals surface area contributed by atoms with Gasteiger partial charge in [0.05, 0.1) is 10.6 Å². The summed E-state index contributed by atoms with van der Waals surface area (Å²) in [5.41, 5.74) is 2.98. The van der Waals surface area contributed by atoms with E-state index in [9.17, 15) is 13.2 Å². The van der Waals surface area contributed by atoms with Crippen LogP contribution in [0.3, 0.4) is 0 Å². The van der Waals surface area contributed by atoms with Gasteiger partial charge < -0.3 is 5.32 Å². The lowest BCUT2D eigenvalue weighted by Crippen LogP contribution is -2.30. The molecule has 0 bridgehead atoms. The Balaban J connectivity index is 1.67. The number of nitrogens with zero attached hydrogens (tertiary/aromatic N) is 3. The van der Waals surface area contributed by atoms with Gasteiger partial charge in [-0.25, -0.2) is 8.42 Å². The monoisotopic (exact) mass is 424 g/mol. The molecule has 2 aromatic heterocycles. The van der Waals surface area contributed by atoms with E-state index in [1.807, 2.05) is 24.3 Å². The number of amides is 1. The van der Waals surface area contributed by atoms with Crippen LogP contribution < -0.4 is 5.32 Å². The molecule has 1 N–H and O–H groups in total. The number of pyridine rings is 2. The predicted octanol–water partition coefficient (Wildman–Crippen LogP) is 3.10. The Morgan fingerprint density at radius 2 is 1.77 bits per heavy atom. The Kier molecular flexibility index (Phi) is 6.91. The highest BCUT2D eigenvalue weighted by molar-refractivity contribution is 7.89. The van der Waals surface area contributed by atoms with Gasteiger partial charge in [-0.1, -0.05) is 13.8 Å². The third-order valence-electron chi connectivity index (χ3n) is 4.69. The molecule has 8 heteroatoms. The molecule has 0 atom stereocenters. The average molecular weight is 425 g/mol. The van der Waals surface area contributed by atoms with Crippen molar-refractivity contribution in [2.45, 2.75) is 25.3 Å². The lowest BCUT2D eigenvalue weighted by atomic mass is 10.1. The van der Waals surface area contributed by atoms with Gasteiger partial charge in [0.15, 0.2) is 0 Å². The van der Waals surface area contributed by atoms with Crippen LogP contribution in [-0.4, -0.2) is 41.7 Å². The van der Waals surface area contributed by atoms with E-state index in [1.165, 1.54) is 28.6 Å². The molecule has 7 nitrogen and oxygen atoms in total. The Bertz CT molecular complexity index is 1100. The first-order valence-electron chi connectivity index (χ1n) is 9.69. The maximum atomic E-state index is 12.6. The van der Waals surface area contributed by atoms with E-state index in [4.69, 9.17) is 0 Å². The first kappa shape index (κ1) is 21.6. The maximum Gasteiger partial charge on any atom is 0.251 e. The van der Waals surface area contributed by atoms with Gasteiger partial charge >= 0.3 is 0 Å². The van der Waals surface area contributed by atoms with Crippen LogP contribution >= 0.6 is 0 Å². The summed E-state index contributed by atoms with van der Waals surface area (Å²) in [6.45, 7) is 4.71. The SMILES string of the molecule is CCN(CC)S(=O)(=O)c1ccc(C(=O)NCc2ccnc(-c3cccnc3)c2)cc1. The maximum absolute atomic E-state index is 12.6. The number of rotatable bonds is 8. The molecule has 0 radical (unpaired) electrons. The van der Waals surface area contributed by atoms with Crippen LogP contribution in [-0.2, 0) is 16.6 Å². The minimum absolute atomic E-state index is 0.179. The fourth-order valence-corrected chi connectivity index (χ4v) is 4.49. The van der Waals surface area contributed by atoms with Gasteiger partial charge in [-0.2, -0.15) is 4.31 Å². The summed E-state index contributed by atoms with van der Waals surface area (Å²) in [6.07, 6.45) is 5.13. The summed E-state index contributed by atoms with van der Waals surface area (Å²) in [5, 5.41) is 2.86. The third kappa shape index (κ3) is 4.90. The summed E-state index contributed by atoms with van der Waals surface area (Å²) >= 11 is 0. The number of sulfonamides is 1. The minimum atomic E-state index is -3.54. The molecular formula is C22H24N4O3S. The van der Waals surface area contributed by atoms with Crippen molar-refractivity contribution >= 4 is 15.9 Å². The molecule has 0 unspecified atom stereocenters.